The normalized spacial score (nSPS) is 19.0. The summed E-state index contributed by atoms with van der Waals surface area (Å²) in [4.78, 5) is 14.6. The fraction of sp³-hybridized carbons (Fsp3) is 0.533. The third-order valence-electron chi connectivity index (χ3n) is 4.09. The van der Waals surface area contributed by atoms with Crippen LogP contribution in [0.1, 0.15) is 47.4 Å². The Morgan fingerprint density at radius 3 is 3.05 bits per heavy atom. The van der Waals surface area contributed by atoms with Crippen molar-refractivity contribution in [3.05, 3.63) is 35.4 Å². The molecule has 0 aliphatic carbocycles. The van der Waals surface area contributed by atoms with Gasteiger partial charge in [0.2, 0.25) is 0 Å². The summed E-state index contributed by atoms with van der Waals surface area (Å²) in [5.41, 5.74) is 2.77. The third kappa shape index (κ3) is 2.70. The average Bonchev–Trinajstić information content (AvgIpc) is 3.15. The van der Waals surface area contributed by atoms with Crippen LogP contribution in [0.15, 0.2) is 18.6 Å². The molecule has 1 aliphatic rings. The van der Waals surface area contributed by atoms with Crippen molar-refractivity contribution < 1.29 is 4.79 Å². The minimum Gasteiger partial charge on any atom is -0.336 e. The number of piperidine rings is 1. The number of H-pyrrole nitrogens is 1. The van der Waals surface area contributed by atoms with Crippen LogP contribution in [0.3, 0.4) is 0 Å². The summed E-state index contributed by atoms with van der Waals surface area (Å²) in [5, 5.41) is 11.3. The fourth-order valence-corrected chi connectivity index (χ4v) is 2.92. The number of rotatable bonds is 3. The summed E-state index contributed by atoms with van der Waals surface area (Å²) in [7, 11) is 0. The van der Waals surface area contributed by atoms with E-state index in [-0.39, 0.29) is 11.9 Å². The maximum absolute atomic E-state index is 12.7. The molecule has 0 bridgehead atoms. The Kier molecular flexibility index (Phi) is 3.77. The van der Waals surface area contributed by atoms with Crippen molar-refractivity contribution in [3.63, 3.8) is 0 Å². The van der Waals surface area contributed by atoms with E-state index in [0.717, 1.165) is 37.1 Å². The molecule has 1 atom stereocenters. The first kappa shape index (κ1) is 13.9. The summed E-state index contributed by atoms with van der Waals surface area (Å²) in [5.74, 6) is 0.0779. The molecule has 112 valence electrons. The van der Waals surface area contributed by atoms with Crippen molar-refractivity contribution in [1.82, 2.24) is 24.9 Å². The number of hydrogen-bond donors (Lipinski definition) is 1. The standard InChI is InChI=1S/C15H21N5O/c1-3-14-13(8-16-18-14)15(21)19-6-4-5-12(10-19)20-9-11(2)7-17-20/h7-9,12H,3-6,10H2,1-2H3,(H,16,18). The molecule has 3 rings (SSSR count). The highest BCUT2D eigenvalue weighted by atomic mass is 16.2. The Balaban J connectivity index is 1.75. The second-order valence-electron chi connectivity index (χ2n) is 5.66. The molecule has 6 heteroatoms. The van der Waals surface area contributed by atoms with E-state index in [1.54, 1.807) is 6.20 Å². The van der Waals surface area contributed by atoms with E-state index in [9.17, 15) is 4.79 Å². The van der Waals surface area contributed by atoms with Gasteiger partial charge in [0.05, 0.1) is 24.0 Å². The van der Waals surface area contributed by atoms with E-state index in [1.165, 1.54) is 0 Å². The number of carbonyl (C=O) groups excluding carboxylic acids is 1. The van der Waals surface area contributed by atoms with Crippen molar-refractivity contribution >= 4 is 5.91 Å². The number of aryl methyl sites for hydroxylation is 2. The lowest BCUT2D eigenvalue weighted by molar-refractivity contribution is 0.0672. The van der Waals surface area contributed by atoms with Crippen LogP contribution in [0.5, 0.6) is 0 Å². The molecule has 1 aliphatic heterocycles. The van der Waals surface area contributed by atoms with Crippen molar-refractivity contribution in [3.8, 4) is 0 Å². The monoisotopic (exact) mass is 287 g/mol. The molecular formula is C15H21N5O. The molecule has 0 aromatic carbocycles. The van der Waals surface area contributed by atoms with Crippen molar-refractivity contribution in [2.24, 2.45) is 0 Å². The molecule has 1 unspecified atom stereocenters. The van der Waals surface area contributed by atoms with Crippen molar-refractivity contribution in [1.29, 1.82) is 0 Å². The number of likely N-dealkylation sites (tertiary alicyclic amines) is 1. The number of nitrogens with one attached hydrogen (secondary N) is 1. The molecule has 1 fully saturated rings. The Morgan fingerprint density at radius 2 is 2.33 bits per heavy atom. The first-order chi connectivity index (χ1) is 10.2. The highest BCUT2D eigenvalue weighted by Crippen LogP contribution is 2.23. The Labute approximate surface area is 124 Å². The molecule has 21 heavy (non-hydrogen) atoms. The van der Waals surface area contributed by atoms with E-state index in [2.05, 4.69) is 15.3 Å². The summed E-state index contributed by atoms with van der Waals surface area (Å²) >= 11 is 0. The molecule has 2 aromatic rings. The van der Waals surface area contributed by atoms with Gasteiger partial charge in [0.1, 0.15) is 0 Å². The Bertz CT molecular complexity index is 630. The Morgan fingerprint density at radius 1 is 1.48 bits per heavy atom. The zero-order valence-corrected chi connectivity index (χ0v) is 12.5. The smallest absolute Gasteiger partial charge is 0.257 e. The van der Waals surface area contributed by atoms with Crippen LogP contribution in [0.25, 0.3) is 0 Å². The van der Waals surface area contributed by atoms with E-state index >= 15 is 0 Å². The zero-order chi connectivity index (χ0) is 14.8. The number of carbonyl (C=O) groups is 1. The van der Waals surface area contributed by atoms with E-state index in [0.29, 0.717) is 12.1 Å². The number of aromatic nitrogens is 4. The summed E-state index contributed by atoms with van der Waals surface area (Å²) in [6.45, 7) is 5.59. The van der Waals surface area contributed by atoms with Gasteiger partial charge in [0, 0.05) is 25.0 Å². The second kappa shape index (κ2) is 5.71. The predicted molar refractivity (Wildman–Crippen MR) is 79.1 cm³/mol. The van der Waals surface area contributed by atoms with Gasteiger partial charge < -0.3 is 4.90 Å². The van der Waals surface area contributed by atoms with Crippen LogP contribution in [-0.4, -0.2) is 43.9 Å². The number of aromatic amines is 1. The lowest BCUT2D eigenvalue weighted by Crippen LogP contribution is -2.41. The van der Waals surface area contributed by atoms with Crippen molar-refractivity contribution in [2.45, 2.75) is 39.2 Å². The third-order valence-corrected chi connectivity index (χ3v) is 4.09. The molecule has 2 aromatic heterocycles. The fourth-order valence-electron chi connectivity index (χ4n) is 2.92. The van der Waals surface area contributed by atoms with Gasteiger partial charge in [-0.05, 0) is 31.7 Å². The van der Waals surface area contributed by atoms with Gasteiger partial charge >= 0.3 is 0 Å². The highest BCUT2D eigenvalue weighted by molar-refractivity contribution is 5.95. The molecular weight excluding hydrogens is 266 g/mol. The SMILES string of the molecule is CCc1[nH]ncc1C(=O)N1CCCC(n2cc(C)cn2)C1. The minimum atomic E-state index is 0.0779. The van der Waals surface area contributed by atoms with Crippen LogP contribution in [-0.2, 0) is 6.42 Å². The van der Waals surface area contributed by atoms with Gasteiger partial charge in [-0.1, -0.05) is 6.92 Å². The first-order valence-corrected chi connectivity index (χ1v) is 7.51. The van der Waals surface area contributed by atoms with Gasteiger partial charge in [0.15, 0.2) is 0 Å². The van der Waals surface area contributed by atoms with Crippen LogP contribution < -0.4 is 0 Å². The van der Waals surface area contributed by atoms with Gasteiger partial charge in [-0.25, -0.2) is 0 Å². The summed E-state index contributed by atoms with van der Waals surface area (Å²) in [6.07, 6.45) is 8.42. The second-order valence-corrected chi connectivity index (χ2v) is 5.66. The molecule has 6 nitrogen and oxygen atoms in total. The maximum Gasteiger partial charge on any atom is 0.257 e. The molecule has 0 radical (unpaired) electrons. The quantitative estimate of drug-likeness (QED) is 0.938. The van der Waals surface area contributed by atoms with E-state index < -0.39 is 0 Å². The minimum absolute atomic E-state index is 0.0779. The molecule has 1 amide bonds. The van der Waals surface area contributed by atoms with E-state index in [4.69, 9.17) is 0 Å². The largest absolute Gasteiger partial charge is 0.336 e. The van der Waals surface area contributed by atoms with Crippen molar-refractivity contribution in [2.75, 3.05) is 13.1 Å². The van der Waals surface area contributed by atoms with Crippen LogP contribution >= 0.6 is 0 Å². The molecule has 1 N–H and O–H groups in total. The van der Waals surface area contributed by atoms with Crippen LogP contribution in [0, 0.1) is 6.92 Å². The average molecular weight is 287 g/mol. The van der Waals surface area contributed by atoms with Gasteiger partial charge in [-0.15, -0.1) is 0 Å². The number of nitrogens with zero attached hydrogens (tertiary/aromatic N) is 4. The molecule has 0 saturated carbocycles. The zero-order valence-electron chi connectivity index (χ0n) is 12.5. The Hall–Kier alpha value is -2.11. The lowest BCUT2D eigenvalue weighted by atomic mass is 10.0. The number of hydrogen-bond acceptors (Lipinski definition) is 3. The van der Waals surface area contributed by atoms with Gasteiger partial charge in [-0.2, -0.15) is 10.2 Å². The highest BCUT2D eigenvalue weighted by Gasteiger charge is 2.27. The predicted octanol–water partition coefficient (Wildman–Crippen LogP) is 1.95. The molecule has 3 heterocycles. The molecule has 1 saturated heterocycles. The maximum atomic E-state index is 12.7. The first-order valence-electron chi connectivity index (χ1n) is 7.51. The lowest BCUT2D eigenvalue weighted by Gasteiger charge is -2.32. The molecule has 0 spiro atoms. The number of amides is 1. The summed E-state index contributed by atoms with van der Waals surface area (Å²) in [6, 6.07) is 0.272. The summed E-state index contributed by atoms with van der Waals surface area (Å²) < 4.78 is 1.99. The van der Waals surface area contributed by atoms with E-state index in [1.807, 2.05) is 35.8 Å². The van der Waals surface area contributed by atoms with Crippen LogP contribution in [0.2, 0.25) is 0 Å². The van der Waals surface area contributed by atoms with Gasteiger partial charge in [-0.3, -0.25) is 14.6 Å². The topological polar surface area (TPSA) is 66.8 Å². The van der Waals surface area contributed by atoms with Gasteiger partial charge in [0.25, 0.3) is 5.91 Å². The van der Waals surface area contributed by atoms with Crippen LogP contribution in [0.4, 0.5) is 0 Å².